The summed E-state index contributed by atoms with van der Waals surface area (Å²) in [6.07, 6.45) is 0.117. The third-order valence-electron chi connectivity index (χ3n) is 3.48. The molecular formula is C18H16N2O4. The minimum Gasteiger partial charge on any atom is -0.488 e. The Hall–Kier alpha value is -2.91. The number of epoxide rings is 1. The smallest absolute Gasteiger partial charge is 0.338 e. The van der Waals surface area contributed by atoms with Crippen molar-refractivity contribution < 1.29 is 19.0 Å². The normalized spacial score (nSPS) is 15.4. The summed E-state index contributed by atoms with van der Waals surface area (Å²) in [4.78, 5) is 16.0. The molecule has 1 aliphatic rings. The van der Waals surface area contributed by atoms with Crippen LogP contribution in [0.15, 0.2) is 36.4 Å². The third kappa shape index (κ3) is 3.70. The molecule has 0 saturated carbocycles. The van der Waals surface area contributed by atoms with Crippen LogP contribution in [0, 0.1) is 11.3 Å². The predicted octanol–water partition coefficient (Wildman–Crippen LogP) is 2.57. The molecule has 0 amide bonds. The first-order valence-corrected chi connectivity index (χ1v) is 7.64. The molecule has 0 spiro atoms. The third-order valence-corrected chi connectivity index (χ3v) is 3.48. The lowest BCUT2D eigenvalue weighted by atomic mass is 10.1. The molecule has 1 saturated heterocycles. The van der Waals surface area contributed by atoms with Gasteiger partial charge >= 0.3 is 5.97 Å². The highest BCUT2D eigenvalue weighted by Crippen LogP contribution is 2.24. The summed E-state index contributed by atoms with van der Waals surface area (Å²) in [5.41, 5.74) is 2.14. The van der Waals surface area contributed by atoms with Gasteiger partial charge in [-0.1, -0.05) is 12.1 Å². The van der Waals surface area contributed by atoms with Crippen molar-refractivity contribution in [2.45, 2.75) is 13.0 Å². The van der Waals surface area contributed by atoms with Gasteiger partial charge in [0.25, 0.3) is 0 Å². The van der Waals surface area contributed by atoms with Gasteiger partial charge in [0.1, 0.15) is 18.8 Å². The largest absolute Gasteiger partial charge is 0.488 e. The molecule has 24 heavy (non-hydrogen) atoms. The number of hydrogen-bond acceptors (Lipinski definition) is 6. The van der Waals surface area contributed by atoms with Crippen LogP contribution in [0.2, 0.25) is 0 Å². The number of ether oxygens (including phenoxy) is 3. The minimum atomic E-state index is -0.360. The average Bonchev–Trinajstić information content (AvgIpc) is 3.44. The van der Waals surface area contributed by atoms with E-state index < -0.39 is 0 Å². The average molecular weight is 324 g/mol. The second-order valence-corrected chi connectivity index (χ2v) is 5.22. The number of rotatable bonds is 6. The molecule has 0 bridgehead atoms. The number of hydrogen-bond donors (Lipinski definition) is 0. The molecule has 2 aromatic rings. The first-order valence-electron chi connectivity index (χ1n) is 7.64. The molecule has 3 rings (SSSR count). The van der Waals surface area contributed by atoms with Gasteiger partial charge in [0.05, 0.1) is 24.5 Å². The highest BCUT2D eigenvalue weighted by atomic mass is 16.6. The number of aromatic nitrogens is 1. The van der Waals surface area contributed by atoms with Crippen LogP contribution < -0.4 is 4.74 Å². The molecule has 0 radical (unpaired) electrons. The summed E-state index contributed by atoms with van der Waals surface area (Å²) in [6.45, 7) is 3.21. The molecule has 1 atom stereocenters. The SMILES string of the molecule is CCOC(=O)c1ccc(-c2ccc(OCC3CO3)c(C#N)n2)cc1. The Morgan fingerprint density at radius 2 is 2.08 bits per heavy atom. The second kappa shape index (κ2) is 7.11. The number of esters is 1. The monoisotopic (exact) mass is 324 g/mol. The first kappa shape index (κ1) is 16.0. The number of nitriles is 1. The molecule has 122 valence electrons. The lowest BCUT2D eigenvalue weighted by Gasteiger charge is -2.08. The molecular weight excluding hydrogens is 308 g/mol. The summed E-state index contributed by atoms with van der Waals surface area (Å²) in [7, 11) is 0. The van der Waals surface area contributed by atoms with Crippen molar-refractivity contribution in [1.29, 1.82) is 5.26 Å². The van der Waals surface area contributed by atoms with Crippen LogP contribution in [-0.4, -0.2) is 36.9 Å². The summed E-state index contributed by atoms with van der Waals surface area (Å²) in [5.74, 6) is 0.0839. The molecule has 0 aliphatic carbocycles. The van der Waals surface area contributed by atoms with E-state index in [1.807, 2.05) is 6.07 Å². The van der Waals surface area contributed by atoms with Crippen LogP contribution in [0.25, 0.3) is 11.3 Å². The van der Waals surface area contributed by atoms with Crippen LogP contribution in [0.3, 0.4) is 0 Å². The molecule has 0 N–H and O–H groups in total. The zero-order valence-electron chi connectivity index (χ0n) is 13.2. The van der Waals surface area contributed by atoms with Gasteiger partial charge in [-0.25, -0.2) is 9.78 Å². The van der Waals surface area contributed by atoms with Crippen molar-refractivity contribution in [3.63, 3.8) is 0 Å². The zero-order chi connectivity index (χ0) is 16.9. The van der Waals surface area contributed by atoms with Crippen LogP contribution in [-0.2, 0) is 9.47 Å². The van der Waals surface area contributed by atoms with Crippen LogP contribution >= 0.6 is 0 Å². The summed E-state index contributed by atoms with van der Waals surface area (Å²) >= 11 is 0. The van der Waals surface area contributed by atoms with E-state index in [1.165, 1.54) is 0 Å². The van der Waals surface area contributed by atoms with E-state index in [1.54, 1.807) is 43.3 Å². The van der Waals surface area contributed by atoms with E-state index in [0.29, 0.717) is 36.8 Å². The molecule has 1 fully saturated rings. The molecule has 1 aromatic heterocycles. The van der Waals surface area contributed by atoms with Gasteiger partial charge in [0.2, 0.25) is 0 Å². The maximum absolute atomic E-state index is 11.7. The molecule has 2 heterocycles. The lowest BCUT2D eigenvalue weighted by Crippen LogP contribution is -2.06. The fourth-order valence-corrected chi connectivity index (χ4v) is 2.14. The predicted molar refractivity (Wildman–Crippen MR) is 85.6 cm³/mol. The number of carbonyl (C=O) groups excluding carboxylic acids is 1. The van der Waals surface area contributed by atoms with Gasteiger partial charge in [-0.3, -0.25) is 0 Å². The van der Waals surface area contributed by atoms with Gasteiger partial charge < -0.3 is 14.2 Å². The van der Waals surface area contributed by atoms with E-state index in [4.69, 9.17) is 14.2 Å². The second-order valence-electron chi connectivity index (χ2n) is 5.22. The fraction of sp³-hybridized carbons (Fsp3) is 0.278. The maximum Gasteiger partial charge on any atom is 0.338 e. The van der Waals surface area contributed by atoms with Gasteiger partial charge in [-0.05, 0) is 31.2 Å². The number of nitrogens with zero attached hydrogens (tertiary/aromatic N) is 2. The fourth-order valence-electron chi connectivity index (χ4n) is 2.14. The lowest BCUT2D eigenvalue weighted by molar-refractivity contribution is 0.0526. The van der Waals surface area contributed by atoms with E-state index in [2.05, 4.69) is 4.98 Å². The summed E-state index contributed by atoms with van der Waals surface area (Å²) in [5, 5.41) is 9.26. The summed E-state index contributed by atoms with van der Waals surface area (Å²) in [6, 6.07) is 12.4. The van der Waals surface area contributed by atoms with Gasteiger partial charge in [-0.2, -0.15) is 5.26 Å². The molecule has 6 heteroatoms. The molecule has 6 nitrogen and oxygen atoms in total. The van der Waals surface area contributed by atoms with E-state index in [0.717, 1.165) is 5.56 Å². The first-order chi connectivity index (χ1) is 11.7. The van der Waals surface area contributed by atoms with Crippen molar-refractivity contribution in [2.24, 2.45) is 0 Å². The Kier molecular flexibility index (Phi) is 4.73. The minimum absolute atomic E-state index is 0.117. The van der Waals surface area contributed by atoms with E-state index in [-0.39, 0.29) is 17.8 Å². The van der Waals surface area contributed by atoms with Crippen LogP contribution in [0.4, 0.5) is 0 Å². The quantitative estimate of drug-likeness (QED) is 0.600. The number of pyridine rings is 1. The maximum atomic E-state index is 11.7. The van der Waals surface area contributed by atoms with E-state index in [9.17, 15) is 10.1 Å². The molecule has 1 aromatic carbocycles. The zero-order valence-corrected chi connectivity index (χ0v) is 13.2. The topological polar surface area (TPSA) is 84.7 Å². The van der Waals surface area contributed by atoms with E-state index >= 15 is 0 Å². The van der Waals surface area contributed by atoms with Crippen molar-refractivity contribution in [1.82, 2.24) is 4.98 Å². The standard InChI is InChI=1S/C18H16N2O4/c1-2-22-18(21)13-5-3-12(4-6-13)15-7-8-17(16(9-19)20-15)24-11-14-10-23-14/h3-8,14H,2,10-11H2,1H3. The van der Waals surface area contributed by atoms with Gasteiger partial charge in [0.15, 0.2) is 11.4 Å². The van der Waals surface area contributed by atoms with Crippen LogP contribution in [0.1, 0.15) is 23.0 Å². The Labute approximate surface area is 139 Å². The van der Waals surface area contributed by atoms with Crippen molar-refractivity contribution in [3.05, 3.63) is 47.7 Å². The molecule has 1 aliphatic heterocycles. The Morgan fingerprint density at radius 3 is 2.71 bits per heavy atom. The Balaban J connectivity index is 1.78. The number of carbonyl (C=O) groups is 1. The number of benzene rings is 1. The Bertz CT molecular complexity index is 777. The van der Waals surface area contributed by atoms with Crippen molar-refractivity contribution in [2.75, 3.05) is 19.8 Å². The summed E-state index contributed by atoms with van der Waals surface area (Å²) < 4.78 is 15.6. The Morgan fingerprint density at radius 1 is 1.33 bits per heavy atom. The molecule has 1 unspecified atom stereocenters. The van der Waals surface area contributed by atoms with Crippen molar-refractivity contribution >= 4 is 5.97 Å². The highest BCUT2D eigenvalue weighted by Gasteiger charge is 2.23. The van der Waals surface area contributed by atoms with Crippen molar-refractivity contribution in [3.8, 4) is 23.1 Å². The van der Waals surface area contributed by atoms with Crippen LogP contribution in [0.5, 0.6) is 5.75 Å². The van der Waals surface area contributed by atoms with Gasteiger partial charge in [0, 0.05) is 5.56 Å². The van der Waals surface area contributed by atoms with Gasteiger partial charge in [-0.15, -0.1) is 0 Å². The highest BCUT2D eigenvalue weighted by molar-refractivity contribution is 5.90.